The number of rotatable bonds is 4. The lowest BCUT2D eigenvalue weighted by Gasteiger charge is -2.08. The van der Waals surface area contributed by atoms with E-state index in [2.05, 4.69) is 10.6 Å². The Balaban J connectivity index is 2.37. The molecule has 2 amide bonds. The smallest absolute Gasteiger partial charge is 0.315 e. The van der Waals surface area contributed by atoms with Crippen molar-refractivity contribution < 1.29 is 9.18 Å². The second-order valence-corrected chi connectivity index (χ2v) is 3.22. The number of amides is 2. The van der Waals surface area contributed by atoms with Crippen LogP contribution in [-0.2, 0) is 6.54 Å². The van der Waals surface area contributed by atoms with Gasteiger partial charge in [-0.2, -0.15) is 0 Å². The second kappa shape index (κ2) is 6.01. The fourth-order valence-corrected chi connectivity index (χ4v) is 1.21. The van der Waals surface area contributed by atoms with Crippen LogP contribution in [0.4, 0.5) is 9.18 Å². The number of carbonyl (C=O) groups excluding carboxylic acids is 1. The maximum atomic E-state index is 11.7. The Bertz CT molecular complexity index is 328. The summed E-state index contributed by atoms with van der Waals surface area (Å²) in [7, 11) is 0. The lowest BCUT2D eigenvalue weighted by atomic mass is 10.1. The van der Waals surface area contributed by atoms with Crippen LogP contribution in [-0.4, -0.2) is 19.3 Å². The van der Waals surface area contributed by atoms with Crippen LogP contribution >= 0.6 is 0 Å². The monoisotopic (exact) mass is 210 g/mol. The van der Waals surface area contributed by atoms with Crippen molar-refractivity contribution in [3.63, 3.8) is 0 Å². The summed E-state index contributed by atoms with van der Waals surface area (Å²) < 4.78 is 11.7. The summed E-state index contributed by atoms with van der Waals surface area (Å²) in [5.41, 5.74) is 2.19. The van der Waals surface area contributed by atoms with Crippen molar-refractivity contribution in [2.75, 3.05) is 13.2 Å². The molecule has 1 aromatic rings. The predicted octanol–water partition coefficient (Wildman–Crippen LogP) is 1.76. The van der Waals surface area contributed by atoms with E-state index in [-0.39, 0.29) is 12.6 Å². The van der Waals surface area contributed by atoms with Gasteiger partial charge in [0.2, 0.25) is 0 Å². The summed E-state index contributed by atoms with van der Waals surface area (Å²) in [6.45, 7) is 1.96. The number of halogens is 1. The van der Waals surface area contributed by atoms with Gasteiger partial charge in [0.1, 0.15) is 6.67 Å². The van der Waals surface area contributed by atoms with Gasteiger partial charge in [-0.25, -0.2) is 9.18 Å². The molecule has 0 saturated carbocycles. The predicted molar refractivity (Wildman–Crippen MR) is 57.4 cm³/mol. The van der Waals surface area contributed by atoms with Crippen LogP contribution < -0.4 is 10.6 Å². The van der Waals surface area contributed by atoms with Crippen LogP contribution in [0, 0.1) is 6.92 Å². The van der Waals surface area contributed by atoms with Crippen molar-refractivity contribution in [1.29, 1.82) is 0 Å². The molecule has 0 unspecified atom stereocenters. The normalized spacial score (nSPS) is 9.73. The van der Waals surface area contributed by atoms with Crippen molar-refractivity contribution in [3.05, 3.63) is 35.4 Å². The summed E-state index contributed by atoms with van der Waals surface area (Å²) in [5.74, 6) is 0. The van der Waals surface area contributed by atoms with Gasteiger partial charge < -0.3 is 10.6 Å². The zero-order chi connectivity index (χ0) is 11.1. The Morgan fingerprint density at radius 2 is 2.07 bits per heavy atom. The highest BCUT2D eigenvalue weighted by molar-refractivity contribution is 5.73. The summed E-state index contributed by atoms with van der Waals surface area (Å²) >= 11 is 0. The van der Waals surface area contributed by atoms with Crippen molar-refractivity contribution in [2.45, 2.75) is 13.5 Å². The second-order valence-electron chi connectivity index (χ2n) is 3.22. The molecule has 0 heterocycles. The molecule has 1 rings (SSSR count). The van der Waals surface area contributed by atoms with Gasteiger partial charge >= 0.3 is 6.03 Å². The Morgan fingerprint density at radius 1 is 1.33 bits per heavy atom. The van der Waals surface area contributed by atoms with Gasteiger partial charge in [0.15, 0.2) is 0 Å². The first-order chi connectivity index (χ1) is 7.24. The van der Waals surface area contributed by atoms with Crippen LogP contribution in [0.5, 0.6) is 0 Å². The average molecular weight is 210 g/mol. The van der Waals surface area contributed by atoms with E-state index in [1.165, 1.54) is 0 Å². The third-order valence-corrected chi connectivity index (χ3v) is 2.08. The van der Waals surface area contributed by atoms with Crippen LogP contribution in [0.25, 0.3) is 0 Å². The van der Waals surface area contributed by atoms with Crippen LogP contribution in [0.1, 0.15) is 11.1 Å². The Labute approximate surface area is 88.7 Å². The lowest BCUT2D eigenvalue weighted by molar-refractivity contribution is 0.239. The number of benzene rings is 1. The van der Waals surface area contributed by atoms with E-state index in [0.29, 0.717) is 6.54 Å². The quantitative estimate of drug-likeness (QED) is 0.781. The van der Waals surface area contributed by atoms with E-state index < -0.39 is 6.67 Å². The molecule has 0 spiro atoms. The minimum Gasteiger partial charge on any atom is -0.336 e. The number of hydrogen-bond donors (Lipinski definition) is 2. The highest BCUT2D eigenvalue weighted by Gasteiger charge is 2.00. The van der Waals surface area contributed by atoms with Gasteiger partial charge in [-0.05, 0) is 18.1 Å². The number of urea groups is 1. The minimum atomic E-state index is -0.544. The molecular weight excluding hydrogens is 195 g/mol. The first-order valence-corrected chi connectivity index (χ1v) is 4.86. The van der Waals surface area contributed by atoms with Gasteiger partial charge in [0.05, 0.1) is 0 Å². The van der Waals surface area contributed by atoms with Gasteiger partial charge in [-0.1, -0.05) is 24.3 Å². The molecule has 0 bridgehead atoms. The standard InChI is InChI=1S/C11H15FN2O/c1-9-4-2-3-5-10(9)8-14-11(15)13-7-6-12/h2-5H,6-8H2,1H3,(H2,13,14,15). The number of nitrogens with one attached hydrogen (secondary N) is 2. The molecule has 2 N–H and O–H groups in total. The van der Waals surface area contributed by atoms with Crippen LogP contribution in [0.3, 0.4) is 0 Å². The zero-order valence-electron chi connectivity index (χ0n) is 8.72. The molecule has 0 aliphatic carbocycles. The Kier molecular flexibility index (Phi) is 4.60. The van der Waals surface area contributed by atoms with E-state index in [4.69, 9.17) is 0 Å². The number of hydrogen-bond acceptors (Lipinski definition) is 1. The fourth-order valence-electron chi connectivity index (χ4n) is 1.21. The van der Waals surface area contributed by atoms with Crippen molar-refractivity contribution in [1.82, 2.24) is 10.6 Å². The highest BCUT2D eigenvalue weighted by Crippen LogP contribution is 2.05. The van der Waals surface area contributed by atoms with Gasteiger partial charge in [0.25, 0.3) is 0 Å². The molecule has 3 nitrogen and oxygen atoms in total. The van der Waals surface area contributed by atoms with E-state index in [0.717, 1.165) is 11.1 Å². The van der Waals surface area contributed by atoms with Crippen molar-refractivity contribution >= 4 is 6.03 Å². The Morgan fingerprint density at radius 3 is 2.73 bits per heavy atom. The average Bonchev–Trinajstić information content (AvgIpc) is 2.25. The van der Waals surface area contributed by atoms with Gasteiger partial charge in [-0.15, -0.1) is 0 Å². The molecular formula is C11H15FN2O. The largest absolute Gasteiger partial charge is 0.336 e. The maximum Gasteiger partial charge on any atom is 0.315 e. The van der Waals surface area contributed by atoms with E-state index in [1.54, 1.807) is 0 Å². The van der Waals surface area contributed by atoms with E-state index in [1.807, 2.05) is 31.2 Å². The highest BCUT2D eigenvalue weighted by atomic mass is 19.1. The van der Waals surface area contributed by atoms with Gasteiger partial charge in [0, 0.05) is 13.1 Å². The molecule has 0 aromatic heterocycles. The molecule has 0 radical (unpaired) electrons. The molecule has 82 valence electrons. The van der Waals surface area contributed by atoms with Crippen molar-refractivity contribution in [2.24, 2.45) is 0 Å². The topological polar surface area (TPSA) is 41.1 Å². The van der Waals surface area contributed by atoms with Gasteiger partial charge in [-0.3, -0.25) is 0 Å². The third-order valence-electron chi connectivity index (χ3n) is 2.08. The zero-order valence-corrected chi connectivity index (χ0v) is 8.72. The first-order valence-electron chi connectivity index (χ1n) is 4.86. The summed E-state index contributed by atoms with van der Waals surface area (Å²) in [5, 5.41) is 5.05. The summed E-state index contributed by atoms with van der Waals surface area (Å²) in [4.78, 5) is 11.1. The first kappa shape index (κ1) is 11.5. The van der Waals surface area contributed by atoms with E-state index in [9.17, 15) is 9.18 Å². The minimum absolute atomic E-state index is 0.0552. The molecule has 0 aliphatic rings. The van der Waals surface area contributed by atoms with Crippen LogP contribution in [0.2, 0.25) is 0 Å². The molecule has 0 saturated heterocycles. The van der Waals surface area contributed by atoms with E-state index >= 15 is 0 Å². The van der Waals surface area contributed by atoms with Crippen LogP contribution in [0.15, 0.2) is 24.3 Å². The third kappa shape index (κ3) is 3.97. The fraction of sp³-hybridized carbons (Fsp3) is 0.364. The van der Waals surface area contributed by atoms with Crippen molar-refractivity contribution in [3.8, 4) is 0 Å². The summed E-state index contributed by atoms with van der Waals surface area (Å²) in [6, 6.07) is 7.46. The molecule has 0 fully saturated rings. The molecule has 0 aliphatic heterocycles. The molecule has 4 heteroatoms. The lowest BCUT2D eigenvalue weighted by Crippen LogP contribution is -2.36. The summed E-state index contributed by atoms with van der Waals surface area (Å²) in [6.07, 6.45) is 0. The SMILES string of the molecule is Cc1ccccc1CNC(=O)NCCF. The number of aryl methyl sites for hydroxylation is 1. The molecule has 0 atom stereocenters. The number of alkyl halides is 1. The maximum absolute atomic E-state index is 11.7. The molecule has 15 heavy (non-hydrogen) atoms. The Hall–Kier alpha value is -1.58. The molecule has 1 aromatic carbocycles. The number of carbonyl (C=O) groups is 1.